The Morgan fingerprint density at radius 3 is 2.53 bits per heavy atom. The van der Waals surface area contributed by atoms with Crippen LogP contribution in [0, 0.1) is 5.92 Å². The molecule has 0 heterocycles. The smallest absolute Gasteiger partial charge is 0.308 e. The van der Waals surface area contributed by atoms with Crippen molar-refractivity contribution < 1.29 is 14.3 Å². The number of hydrogen-bond acceptors (Lipinski definition) is 3. The first-order valence-electron chi connectivity index (χ1n) is 5.99. The van der Waals surface area contributed by atoms with Gasteiger partial charge in [-0.05, 0) is 38.5 Å². The number of carbonyl (C=O) groups excluding carboxylic acids is 1. The van der Waals surface area contributed by atoms with Gasteiger partial charge in [-0.15, -0.1) is 0 Å². The van der Waals surface area contributed by atoms with Crippen LogP contribution in [0.1, 0.15) is 46.0 Å². The zero-order chi connectivity index (χ0) is 11.1. The Bertz CT molecular complexity index is 183. The van der Waals surface area contributed by atoms with E-state index in [9.17, 15) is 4.79 Å². The van der Waals surface area contributed by atoms with Gasteiger partial charge in [0.15, 0.2) is 0 Å². The van der Waals surface area contributed by atoms with E-state index in [0.29, 0.717) is 25.7 Å². The van der Waals surface area contributed by atoms with Gasteiger partial charge in [-0.2, -0.15) is 0 Å². The van der Waals surface area contributed by atoms with Gasteiger partial charge in [-0.3, -0.25) is 4.79 Å². The molecule has 1 fully saturated rings. The molecule has 0 aliphatic heterocycles. The summed E-state index contributed by atoms with van der Waals surface area (Å²) in [5.41, 5.74) is 0. The number of hydrogen-bond donors (Lipinski definition) is 0. The first-order valence-corrected chi connectivity index (χ1v) is 5.99. The standard InChI is InChI=1S/C12H22O3/c1-3-14-12(13)8-9-15-11-6-4-10(2)5-7-11/h10-11H,3-9H2,1-2H3. The van der Waals surface area contributed by atoms with Crippen molar-refractivity contribution in [2.24, 2.45) is 5.92 Å². The van der Waals surface area contributed by atoms with Crippen LogP contribution < -0.4 is 0 Å². The van der Waals surface area contributed by atoms with Gasteiger partial charge in [0.2, 0.25) is 0 Å². The highest BCUT2D eigenvalue weighted by atomic mass is 16.5. The maximum atomic E-state index is 11.0. The van der Waals surface area contributed by atoms with Crippen LogP contribution in [0.4, 0.5) is 0 Å². The lowest BCUT2D eigenvalue weighted by molar-refractivity contribution is -0.145. The maximum absolute atomic E-state index is 11.0. The Balaban J connectivity index is 2.02. The molecule has 0 aromatic carbocycles. The molecule has 1 rings (SSSR count). The van der Waals surface area contributed by atoms with E-state index >= 15 is 0 Å². The summed E-state index contributed by atoms with van der Waals surface area (Å²) >= 11 is 0. The van der Waals surface area contributed by atoms with Crippen molar-refractivity contribution in [1.82, 2.24) is 0 Å². The predicted octanol–water partition coefficient (Wildman–Crippen LogP) is 2.53. The van der Waals surface area contributed by atoms with Crippen LogP contribution in [-0.2, 0) is 14.3 Å². The van der Waals surface area contributed by atoms with Gasteiger partial charge in [0.05, 0.1) is 25.7 Å². The van der Waals surface area contributed by atoms with Gasteiger partial charge >= 0.3 is 5.97 Å². The van der Waals surface area contributed by atoms with Crippen LogP contribution in [-0.4, -0.2) is 25.3 Å². The molecule has 0 aromatic heterocycles. The fraction of sp³-hybridized carbons (Fsp3) is 0.917. The summed E-state index contributed by atoms with van der Waals surface area (Å²) in [7, 11) is 0. The lowest BCUT2D eigenvalue weighted by atomic mass is 9.89. The van der Waals surface area contributed by atoms with Crippen molar-refractivity contribution >= 4 is 5.97 Å². The summed E-state index contributed by atoms with van der Waals surface area (Å²) < 4.78 is 10.5. The molecule has 0 amide bonds. The molecule has 0 aromatic rings. The highest BCUT2D eigenvalue weighted by molar-refractivity contribution is 5.69. The minimum atomic E-state index is -0.151. The summed E-state index contributed by atoms with van der Waals surface area (Å²) in [5, 5.41) is 0. The highest BCUT2D eigenvalue weighted by Crippen LogP contribution is 2.25. The molecule has 3 nitrogen and oxygen atoms in total. The van der Waals surface area contributed by atoms with E-state index in [-0.39, 0.29) is 5.97 Å². The second-order valence-electron chi connectivity index (χ2n) is 4.31. The van der Waals surface area contributed by atoms with E-state index in [1.165, 1.54) is 12.8 Å². The Morgan fingerprint density at radius 2 is 1.93 bits per heavy atom. The molecule has 0 spiro atoms. The second kappa shape index (κ2) is 6.83. The van der Waals surface area contributed by atoms with Crippen molar-refractivity contribution in [1.29, 1.82) is 0 Å². The van der Waals surface area contributed by atoms with E-state index in [4.69, 9.17) is 9.47 Å². The molecule has 0 bridgehead atoms. The largest absolute Gasteiger partial charge is 0.466 e. The zero-order valence-corrected chi connectivity index (χ0v) is 9.83. The SMILES string of the molecule is CCOC(=O)CCOC1CCC(C)CC1. The average Bonchev–Trinajstić information content (AvgIpc) is 2.21. The number of carbonyl (C=O) groups is 1. The van der Waals surface area contributed by atoms with Gasteiger partial charge in [-0.1, -0.05) is 6.92 Å². The average molecular weight is 214 g/mol. The molecule has 15 heavy (non-hydrogen) atoms. The van der Waals surface area contributed by atoms with Crippen LogP contribution in [0.3, 0.4) is 0 Å². The van der Waals surface area contributed by atoms with Crippen molar-refractivity contribution in [2.75, 3.05) is 13.2 Å². The molecule has 1 aliphatic rings. The summed E-state index contributed by atoms with van der Waals surface area (Å²) in [6.07, 6.45) is 5.55. The van der Waals surface area contributed by atoms with Crippen molar-refractivity contribution in [3.63, 3.8) is 0 Å². The molecule has 0 radical (unpaired) electrons. The van der Waals surface area contributed by atoms with Crippen molar-refractivity contribution in [2.45, 2.75) is 52.1 Å². The predicted molar refractivity (Wildman–Crippen MR) is 58.6 cm³/mol. The molecule has 0 atom stereocenters. The molecule has 1 saturated carbocycles. The molecule has 0 saturated heterocycles. The molecular formula is C12H22O3. The molecule has 88 valence electrons. The van der Waals surface area contributed by atoms with Gasteiger partial charge in [0.1, 0.15) is 0 Å². The van der Waals surface area contributed by atoms with E-state index < -0.39 is 0 Å². The van der Waals surface area contributed by atoms with Crippen molar-refractivity contribution in [3.05, 3.63) is 0 Å². The van der Waals surface area contributed by atoms with E-state index in [0.717, 1.165) is 18.8 Å². The first-order chi connectivity index (χ1) is 7.22. The molecule has 1 aliphatic carbocycles. The van der Waals surface area contributed by atoms with E-state index in [1.807, 2.05) is 6.92 Å². The van der Waals surface area contributed by atoms with Crippen LogP contribution >= 0.6 is 0 Å². The summed E-state index contributed by atoms with van der Waals surface area (Å²) in [6.45, 7) is 5.08. The quantitative estimate of drug-likeness (QED) is 0.660. The fourth-order valence-corrected chi connectivity index (χ4v) is 1.94. The highest BCUT2D eigenvalue weighted by Gasteiger charge is 2.18. The van der Waals surface area contributed by atoms with E-state index in [1.54, 1.807) is 0 Å². The third kappa shape index (κ3) is 5.17. The zero-order valence-electron chi connectivity index (χ0n) is 9.83. The second-order valence-corrected chi connectivity index (χ2v) is 4.31. The lowest BCUT2D eigenvalue weighted by Gasteiger charge is -2.26. The van der Waals surface area contributed by atoms with Gasteiger partial charge in [-0.25, -0.2) is 0 Å². The summed E-state index contributed by atoms with van der Waals surface area (Å²) in [4.78, 5) is 11.0. The van der Waals surface area contributed by atoms with Crippen molar-refractivity contribution in [3.8, 4) is 0 Å². The van der Waals surface area contributed by atoms with Crippen LogP contribution in [0.25, 0.3) is 0 Å². The number of esters is 1. The normalized spacial score (nSPS) is 26.3. The Labute approximate surface area is 92.1 Å². The number of rotatable bonds is 5. The third-order valence-corrected chi connectivity index (χ3v) is 2.93. The molecule has 3 heteroatoms. The fourth-order valence-electron chi connectivity index (χ4n) is 1.94. The molecule has 0 unspecified atom stereocenters. The lowest BCUT2D eigenvalue weighted by Crippen LogP contribution is -2.22. The minimum Gasteiger partial charge on any atom is -0.466 e. The third-order valence-electron chi connectivity index (χ3n) is 2.93. The first kappa shape index (κ1) is 12.5. The summed E-state index contributed by atoms with van der Waals surface area (Å²) in [5.74, 6) is 0.691. The molecule has 0 N–H and O–H groups in total. The van der Waals surface area contributed by atoms with Gasteiger partial charge < -0.3 is 9.47 Å². The van der Waals surface area contributed by atoms with Crippen LogP contribution in [0.5, 0.6) is 0 Å². The maximum Gasteiger partial charge on any atom is 0.308 e. The topological polar surface area (TPSA) is 35.5 Å². The van der Waals surface area contributed by atoms with Crippen LogP contribution in [0.2, 0.25) is 0 Å². The number of ether oxygens (including phenoxy) is 2. The monoisotopic (exact) mass is 214 g/mol. The van der Waals surface area contributed by atoms with E-state index in [2.05, 4.69) is 6.92 Å². The Hall–Kier alpha value is -0.570. The minimum absolute atomic E-state index is 0.151. The van der Waals surface area contributed by atoms with Gasteiger partial charge in [0.25, 0.3) is 0 Å². The van der Waals surface area contributed by atoms with Crippen LogP contribution in [0.15, 0.2) is 0 Å². The Kier molecular flexibility index (Phi) is 5.69. The molecular weight excluding hydrogens is 192 g/mol. The van der Waals surface area contributed by atoms with Gasteiger partial charge in [0, 0.05) is 0 Å². The summed E-state index contributed by atoms with van der Waals surface area (Å²) in [6, 6.07) is 0. The Morgan fingerprint density at radius 1 is 1.27 bits per heavy atom.